The molecular formula is C14H24N6O. The molecule has 2 fully saturated rings. The van der Waals surface area contributed by atoms with Gasteiger partial charge >= 0.3 is 0 Å². The normalized spacial score (nSPS) is 21.8. The Bertz CT molecular complexity index is 457. The number of nitrogens with one attached hydrogen (secondary N) is 2. The van der Waals surface area contributed by atoms with Crippen LogP contribution in [0.25, 0.3) is 0 Å². The summed E-state index contributed by atoms with van der Waals surface area (Å²) in [7, 11) is 0. The molecule has 116 valence electrons. The summed E-state index contributed by atoms with van der Waals surface area (Å²) >= 11 is 0. The molecule has 2 aliphatic heterocycles. The molecule has 1 aromatic rings. The van der Waals surface area contributed by atoms with Gasteiger partial charge in [0, 0.05) is 32.8 Å². The molecule has 1 atom stereocenters. The maximum Gasteiger partial charge on any atom is 0.231 e. The summed E-state index contributed by atoms with van der Waals surface area (Å²) in [5.74, 6) is 2.05. The van der Waals surface area contributed by atoms with Crippen molar-refractivity contribution in [2.75, 3.05) is 48.3 Å². The van der Waals surface area contributed by atoms with Gasteiger partial charge in [0.2, 0.25) is 17.8 Å². The first kappa shape index (κ1) is 14.3. The van der Waals surface area contributed by atoms with Crippen LogP contribution < -0.4 is 15.5 Å². The molecule has 0 spiro atoms. The molecule has 0 aliphatic carbocycles. The third kappa shape index (κ3) is 3.72. The van der Waals surface area contributed by atoms with Gasteiger partial charge in [-0.3, -0.25) is 0 Å². The minimum Gasteiger partial charge on any atom is -0.376 e. The van der Waals surface area contributed by atoms with Crippen LogP contribution in [-0.4, -0.2) is 53.8 Å². The van der Waals surface area contributed by atoms with E-state index in [0.29, 0.717) is 11.9 Å². The molecule has 2 aliphatic rings. The van der Waals surface area contributed by atoms with Crippen molar-refractivity contribution < 1.29 is 4.74 Å². The minimum atomic E-state index is 0.277. The number of rotatable bonds is 6. The van der Waals surface area contributed by atoms with Crippen molar-refractivity contribution in [1.29, 1.82) is 0 Å². The summed E-state index contributed by atoms with van der Waals surface area (Å²) in [4.78, 5) is 15.7. The molecule has 1 unspecified atom stereocenters. The van der Waals surface area contributed by atoms with Crippen molar-refractivity contribution in [2.24, 2.45) is 0 Å². The van der Waals surface area contributed by atoms with Gasteiger partial charge in [0.15, 0.2) is 0 Å². The molecule has 7 nitrogen and oxygen atoms in total. The summed E-state index contributed by atoms with van der Waals surface area (Å²) in [6.07, 6.45) is 4.95. The van der Waals surface area contributed by atoms with Gasteiger partial charge in [-0.25, -0.2) is 0 Å². The van der Waals surface area contributed by atoms with Crippen molar-refractivity contribution in [3.05, 3.63) is 0 Å². The second kappa shape index (κ2) is 6.89. The zero-order chi connectivity index (χ0) is 14.5. The zero-order valence-corrected chi connectivity index (χ0v) is 12.6. The Hall–Kier alpha value is -1.63. The quantitative estimate of drug-likeness (QED) is 0.822. The molecule has 3 rings (SSSR count). The Labute approximate surface area is 125 Å². The van der Waals surface area contributed by atoms with Crippen molar-refractivity contribution >= 4 is 17.8 Å². The molecule has 2 saturated heterocycles. The Morgan fingerprint density at radius 2 is 1.86 bits per heavy atom. The van der Waals surface area contributed by atoms with Gasteiger partial charge < -0.3 is 20.3 Å². The van der Waals surface area contributed by atoms with Crippen LogP contribution in [0, 0.1) is 0 Å². The van der Waals surface area contributed by atoms with Gasteiger partial charge in [0.05, 0.1) is 6.10 Å². The fourth-order valence-electron chi connectivity index (χ4n) is 2.75. The summed E-state index contributed by atoms with van der Waals surface area (Å²) in [6, 6.07) is 0. The summed E-state index contributed by atoms with van der Waals surface area (Å²) in [5.41, 5.74) is 0. The molecule has 0 radical (unpaired) electrons. The van der Waals surface area contributed by atoms with E-state index in [4.69, 9.17) is 4.74 Å². The van der Waals surface area contributed by atoms with Gasteiger partial charge in [-0.05, 0) is 32.6 Å². The maximum atomic E-state index is 5.62. The standard InChI is InChI=1S/C14H24N6O/c1-2-15-12-17-13(16-10-11-6-5-9-21-11)19-14(18-12)20-7-3-4-8-20/h11H,2-10H2,1H3,(H2,15,16,17,18,19). The average molecular weight is 292 g/mol. The van der Waals surface area contributed by atoms with Gasteiger partial charge in [0.1, 0.15) is 0 Å². The third-order valence-electron chi connectivity index (χ3n) is 3.86. The zero-order valence-electron chi connectivity index (χ0n) is 12.6. The molecule has 1 aromatic heterocycles. The van der Waals surface area contributed by atoms with E-state index >= 15 is 0 Å². The molecule has 0 amide bonds. The SMILES string of the molecule is CCNc1nc(NCC2CCCO2)nc(N2CCCC2)n1. The first-order valence-corrected chi connectivity index (χ1v) is 7.95. The summed E-state index contributed by atoms with van der Waals surface area (Å²) < 4.78 is 5.62. The van der Waals surface area contributed by atoms with Crippen LogP contribution >= 0.6 is 0 Å². The Morgan fingerprint density at radius 3 is 2.52 bits per heavy atom. The van der Waals surface area contributed by atoms with Crippen LogP contribution in [0.4, 0.5) is 17.8 Å². The lowest BCUT2D eigenvalue weighted by atomic mass is 10.2. The lowest BCUT2D eigenvalue weighted by Gasteiger charge is -2.17. The molecule has 0 bridgehead atoms. The monoisotopic (exact) mass is 292 g/mol. The fourth-order valence-corrected chi connectivity index (χ4v) is 2.75. The van der Waals surface area contributed by atoms with Gasteiger partial charge in [-0.2, -0.15) is 15.0 Å². The van der Waals surface area contributed by atoms with Crippen molar-refractivity contribution in [2.45, 2.75) is 38.7 Å². The predicted molar refractivity (Wildman–Crippen MR) is 82.9 cm³/mol. The van der Waals surface area contributed by atoms with Gasteiger partial charge in [-0.1, -0.05) is 0 Å². The second-order valence-electron chi connectivity index (χ2n) is 5.52. The Balaban J connectivity index is 1.70. The van der Waals surface area contributed by atoms with E-state index in [1.54, 1.807) is 0 Å². The topological polar surface area (TPSA) is 75.2 Å². The first-order chi connectivity index (χ1) is 10.3. The number of ether oxygens (including phenoxy) is 1. The average Bonchev–Trinajstić information content (AvgIpc) is 3.19. The molecule has 0 saturated carbocycles. The third-order valence-corrected chi connectivity index (χ3v) is 3.86. The maximum absolute atomic E-state index is 5.62. The number of aromatic nitrogens is 3. The number of hydrogen-bond donors (Lipinski definition) is 2. The van der Waals surface area contributed by atoms with E-state index in [1.165, 1.54) is 12.8 Å². The highest BCUT2D eigenvalue weighted by molar-refractivity contribution is 5.44. The van der Waals surface area contributed by atoms with E-state index in [1.807, 2.05) is 6.92 Å². The summed E-state index contributed by atoms with van der Waals surface area (Å²) in [5, 5.41) is 6.47. The van der Waals surface area contributed by atoms with Crippen LogP contribution in [-0.2, 0) is 4.74 Å². The van der Waals surface area contributed by atoms with E-state index in [2.05, 4.69) is 30.5 Å². The van der Waals surface area contributed by atoms with Gasteiger partial charge in [0.25, 0.3) is 0 Å². The van der Waals surface area contributed by atoms with Crippen LogP contribution in [0.1, 0.15) is 32.6 Å². The Kier molecular flexibility index (Phi) is 4.69. The molecule has 0 aromatic carbocycles. The van der Waals surface area contributed by atoms with E-state index in [-0.39, 0.29) is 6.10 Å². The summed E-state index contributed by atoms with van der Waals surface area (Å²) in [6.45, 7) is 6.52. The lowest BCUT2D eigenvalue weighted by Crippen LogP contribution is -2.24. The molecule has 3 heterocycles. The molecule has 21 heavy (non-hydrogen) atoms. The minimum absolute atomic E-state index is 0.277. The van der Waals surface area contributed by atoms with Crippen molar-refractivity contribution in [1.82, 2.24) is 15.0 Å². The van der Waals surface area contributed by atoms with Gasteiger partial charge in [-0.15, -0.1) is 0 Å². The first-order valence-electron chi connectivity index (χ1n) is 7.95. The van der Waals surface area contributed by atoms with Crippen molar-refractivity contribution in [3.63, 3.8) is 0 Å². The highest BCUT2D eigenvalue weighted by Crippen LogP contribution is 2.19. The highest BCUT2D eigenvalue weighted by Gasteiger charge is 2.19. The largest absolute Gasteiger partial charge is 0.376 e. The number of anilines is 3. The second-order valence-corrected chi connectivity index (χ2v) is 5.52. The van der Waals surface area contributed by atoms with Crippen LogP contribution in [0.2, 0.25) is 0 Å². The Morgan fingerprint density at radius 1 is 1.10 bits per heavy atom. The lowest BCUT2D eigenvalue weighted by molar-refractivity contribution is 0.120. The van der Waals surface area contributed by atoms with E-state index in [0.717, 1.165) is 51.6 Å². The molecule has 2 N–H and O–H groups in total. The fraction of sp³-hybridized carbons (Fsp3) is 0.786. The number of nitrogens with zero attached hydrogens (tertiary/aromatic N) is 4. The van der Waals surface area contributed by atoms with E-state index < -0.39 is 0 Å². The van der Waals surface area contributed by atoms with Crippen LogP contribution in [0.3, 0.4) is 0 Å². The number of hydrogen-bond acceptors (Lipinski definition) is 7. The van der Waals surface area contributed by atoms with E-state index in [9.17, 15) is 0 Å². The molecule has 7 heteroatoms. The van der Waals surface area contributed by atoms with Crippen LogP contribution in [0.5, 0.6) is 0 Å². The highest BCUT2D eigenvalue weighted by atomic mass is 16.5. The van der Waals surface area contributed by atoms with Crippen LogP contribution in [0.15, 0.2) is 0 Å². The molecular weight excluding hydrogens is 268 g/mol. The van der Waals surface area contributed by atoms with Crippen molar-refractivity contribution in [3.8, 4) is 0 Å². The smallest absolute Gasteiger partial charge is 0.231 e. The predicted octanol–water partition coefficient (Wildman–Crippen LogP) is 1.49.